The number of aromatic nitrogens is 2. The van der Waals surface area contributed by atoms with Gasteiger partial charge in [0.25, 0.3) is 0 Å². The van der Waals surface area contributed by atoms with Crippen LogP contribution in [0.5, 0.6) is 0 Å². The molecule has 0 amide bonds. The number of aryl methyl sites for hydroxylation is 1. The average Bonchev–Trinajstić information content (AvgIpc) is 2.57. The van der Waals surface area contributed by atoms with E-state index in [2.05, 4.69) is 41.8 Å². The Kier molecular flexibility index (Phi) is 5.32. The Balaban J connectivity index is 2.61. The van der Waals surface area contributed by atoms with Gasteiger partial charge in [0.05, 0.1) is 29.1 Å². The summed E-state index contributed by atoms with van der Waals surface area (Å²) in [4.78, 5) is 0. The monoisotopic (exact) mass is 274 g/mol. The highest BCUT2D eigenvalue weighted by molar-refractivity contribution is 9.10. The molecule has 0 spiro atoms. The summed E-state index contributed by atoms with van der Waals surface area (Å²) in [6, 6.07) is 0. The van der Waals surface area contributed by atoms with E-state index in [-0.39, 0.29) is 0 Å². The fraction of sp³-hybridized carbons (Fsp3) is 0.727. The molecule has 1 aromatic heterocycles. The largest absolute Gasteiger partial charge is 0.372 e. The summed E-state index contributed by atoms with van der Waals surface area (Å²) < 4.78 is 8.76. The van der Waals surface area contributed by atoms with Gasteiger partial charge >= 0.3 is 0 Å². The topological polar surface area (TPSA) is 27.1 Å². The molecule has 15 heavy (non-hydrogen) atoms. The molecular weight excluding hydrogens is 256 g/mol. The molecule has 0 radical (unpaired) electrons. The van der Waals surface area contributed by atoms with Crippen LogP contribution in [0.3, 0.4) is 0 Å². The lowest BCUT2D eigenvalue weighted by Gasteiger charge is -2.12. The Labute approximate surface area is 99.9 Å². The van der Waals surface area contributed by atoms with Crippen LogP contribution in [0.15, 0.2) is 10.7 Å². The second kappa shape index (κ2) is 6.28. The SMILES string of the molecule is CCCn1ncc(Br)c1COC(C)CC. The van der Waals surface area contributed by atoms with Crippen molar-refractivity contribution in [1.29, 1.82) is 0 Å². The maximum atomic E-state index is 5.71. The molecule has 0 aliphatic carbocycles. The lowest BCUT2D eigenvalue weighted by Crippen LogP contribution is -2.11. The number of rotatable bonds is 6. The maximum absolute atomic E-state index is 5.71. The molecule has 1 unspecified atom stereocenters. The van der Waals surface area contributed by atoms with Crippen molar-refractivity contribution in [3.63, 3.8) is 0 Å². The van der Waals surface area contributed by atoms with Gasteiger partial charge < -0.3 is 4.74 Å². The molecule has 0 saturated carbocycles. The molecule has 0 bridgehead atoms. The predicted octanol–water partition coefficient (Wildman–Crippen LogP) is 3.37. The lowest BCUT2D eigenvalue weighted by atomic mass is 10.3. The molecule has 0 aliphatic rings. The molecule has 0 saturated heterocycles. The van der Waals surface area contributed by atoms with Gasteiger partial charge in [0, 0.05) is 6.54 Å². The highest BCUT2D eigenvalue weighted by Gasteiger charge is 2.09. The summed E-state index contributed by atoms with van der Waals surface area (Å²) in [7, 11) is 0. The third kappa shape index (κ3) is 3.61. The van der Waals surface area contributed by atoms with E-state index in [1.54, 1.807) is 0 Å². The van der Waals surface area contributed by atoms with E-state index in [1.165, 1.54) is 0 Å². The summed E-state index contributed by atoms with van der Waals surface area (Å²) >= 11 is 3.50. The highest BCUT2D eigenvalue weighted by Crippen LogP contribution is 2.18. The van der Waals surface area contributed by atoms with Crippen LogP contribution in [0.1, 0.15) is 39.3 Å². The van der Waals surface area contributed by atoms with Crippen LogP contribution in [0.2, 0.25) is 0 Å². The first-order valence-electron chi connectivity index (χ1n) is 5.50. The molecule has 1 aromatic rings. The number of ether oxygens (including phenoxy) is 1. The maximum Gasteiger partial charge on any atom is 0.0899 e. The summed E-state index contributed by atoms with van der Waals surface area (Å²) in [6.07, 6.45) is 4.27. The fourth-order valence-electron chi connectivity index (χ4n) is 1.27. The summed E-state index contributed by atoms with van der Waals surface area (Å²) in [5.41, 5.74) is 1.14. The minimum atomic E-state index is 0.307. The van der Waals surface area contributed by atoms with Crippen molar-refractivity contribution < 1.29 is 4.74 Å². The van der Waals surface area contributed by atoms with Crippen LogP contribution in [0.4, 0.5) is 0 Å². The smallest absolute Gasteiger partial charge is 0.0899 e. The molecule has 1 heterocycles. The zero-order chi connectivity index (χ0) is 11.3. The van der Waals surface area contributed by atoms with Gasteiger partial charge in [-0.1, -0.05) is 13.8 Å². The first-order chi connectivity index (χ1) is 7.19. The van der Waals surface area contributed by atoms with Crippen LogP contribution < -0.4 is 0 Å². The molecular formula is C11H19BrN2O. The van der Waals surface area contributed by atoms with E-state index in [0.29, 0.717) is 12.7 Å². The molecule has 86 valence electrons. The Morgan fingerprint density at radius 3 is 2.87 bits per heavy atom. The van der Waals surface area contributed by atoms with Crippen molar-refractivity contribution in [1.82, 2.24) is 9.78 Å². The van der Waals surface area contributed by atoms with Crippen molar-refractivity contribution in [2.24, 2.45) is 0 Å². The van der Waals surface area contributed by atoms with Gasteiger partial charge in [-0.05, 0) is 35.7 Å². The Hall–Kier alpha value is -0.350. The van der Waals surface area contributed by atoms with E-state index in [0.717, 1.165) is 29.6 Å². The standard InChI is InChI=1S/C11H19BrN2O/c1-4-6-14-11(10(12)7-13-14)8-15-9(3)5-2/h7,9H,4-6,8H2,1-3H3. The summed E-state index contributed by atoms with van der Waals surface area (Å²) in [6.45, 7) is 7.95. The van der Waals surface area contributed by atoms with Crippen molar-refractivity contribution in [2.45, 2.75) is 52.9 Å². The van der Waals surface area contributed by atoms with Crippen LogP contribution in [0.25, 0.3) is 0 Å². The Bertz CT molecular complexity index is 299. The third-order valence-electron chi connectivity index (χ3n) is 2.41. The second-order valence-corrected chi connectivity index (χ2v) is 4.55. The molecule has 1 rings (SSSR count). The molecule has 0 fully saturated rings. The van der Waals surface area contributed by atoms with Gasteiger partial charge in [0.1, 0.15) is 0 Å². The second-order valence-electron chi connectivity index (χ2n) is 3.69. The summed E-state index contributed by atoms with van der Waals surface area (Å²) in [5, 5.41) is 4.30. The van der Waals surface area contributed by atoms with E-state index in [1.807, 2.05) is 10.9 Å². The van der Waals surface area contributed by atoms with Crippen molar-refractivity contribution >= 4 is 15.9 Å². The van der Waals surface area contributed by atoms with Crippen molar-refractivity contribution in [2.75, 3.05) is 0 Å². The molecule has 4 heteroatoms. The minimum Gasteiger partial charge on any atom is -0.372 e. The average molecular weight is 275 g/mol. The zero-order valence-electron chi connectivity index (χ0n) is 9.66. The van der Waals surface area contributed by atoms with E-state index < -0.39 is 0 Å². The van der Waals surface area contributed by atoms with Gasteiger partial charge in [-0.3, -0.25) is 4.68 Å². The predicted molar refractivity (Wildman–Crippen MR) is 64.8 cm³/mol. The zero-order valence-corrected chi connectivity index (χ0v) is 11.2. The van der Waals surface area contributed by atoms with Crippen molar-refractivity contribution in [3.05, 3.63) is 16.4 Å². The van der Waals surface area contributed by atoms with Gasteiger partial charge in [0.2, 0.25) is 0 Å². The quantitative estimate of drug-likeness (QED) is 0.795. The van der Waals surface area contributed by atoms with E-state index >= 15 is 0 Å². The van der Waals surface area contributed by atoms with Gasteiger partial charge in [0.15, 0.2) is 0 Å². The number of nitrogens with zero attached hydrogens (tertiary/aromatic N) is 2. The van der Waals surface area contributed by atoms with Crippen LogP contribution >= 0.6 is 15.9 Å². The Morgan fingerprint density at radius 1 is 1.53 bits per heavy atom. The Morgan fingerprint density at radius 2 is 2.27 bits per heavy atom. The van der Waals surface area contributed by atoms with Crippen LogP contribution in [-0.2, 0) is 17.9 Å². The normalized spacial score (nSPS) is 13.1. The first kappa shape index (κ1) is 12.7. The molecule has 3 nitrogen and oxygen atoms in total. The van der Waals surface area contributed by atoms with Gasteiger partial charge in [-0.2, -0.15) is 5.10 Å². The van der Waals surface area contributed by atoms with E-state index in [4.69, 9.17) is 4.74 Å². The first-order valence-corrected chi connectivity index (χ1v) is 6.30. The lowest BCUT2D eigenvalue weighted by molar-refractivity contribution is 0.0463. The van der Waals surface area contributed by atoms with Crippen LogP contribution in [-0.4, -0.2) is 15.9 Å². The van der Waals surface area contributed by atoms with Crippen LogP contribution in [0, 0.1) is 0 Å². The number of halogens is 1. The third-order valence-corrected chi connectivity index (χ3v) is 3.08. The molecule has 0 N–H and O–H groups in total. The molecule has 0 aliphatic heterocycles. The minimum absolute atomic E-state index is 0.307. The fourth-order valence-corrected chi connectivity index (χ4v) is 1.69. The summed E-state index contributed by atoms with van der Waals surface area (Å²) in [5.74, 6) is 0. The number of hydrogen-bond donors (Lipinski definition) is 0. The number of hydrogen-bond acceptors (Lipinski definition) is 2. The van der Waals surface area contributed by atoms with E-state index in [9.17, 15) is 0 Å². The van der Waals surface area contributed by atoms with Crippen molar-refractivity contribution in [3.8, 4) is 0 Å². The molecule has 1 atom stereocenters. The van der Waals surface area contributed by atoms with Gasteiger partial charge in [-0.15, -0.1) is 0 Å². The highest BCUT2D eigenvalue weighted by atomic mass is 79.9. The van der Waals surface area contributed by atoms with Gasteiger partial charge in [-0.25, -0.2) is 0 Å². The molecule has 0 aromatic carbocycles.